The van der Waals surface area contributed by atoms with E-state index in [2.05, 4.69) is 25.2 Å². The van der Waals surface area contributed by atoms with Crippen molar-refractivity contribution in [2.45, 2.75) is 31.2 Å². The molecule has 1 aliphatic heterocycles. The van der Waals surface area contributed by atoms with Gasteiger partial charge in [-0.25, -0.2) is 9.97 Å². The van der Waals surface area contributed by atoms with Crippen LogP contribution in [0.4, 0.5) is 10.8 Å². The quantitative estimate of drug-likeness (QED) is 0.416. The molecule has 3 heterocycles. The molecule has 1 N–H and O–H groups in total. The first kappa shape index (κ1) is 21.1. The van der Waals surface area contributed by atoms with E-state index in [1.807, 2.05) is 6.92 Å². The van der Waals surface area contributed by atoms with Crippen LogP contribution in [-0.2, 0) is 4.79 Å². The number of piperidine rings is 1. The van der Waals surface area contributed by atoms with Crippen molar-refractivity contribution < 1.29 is 9.53 Å². The summed E-state index contributed by atoms with van der Waals surface area (Å²) in [7, 11) is 1.55. The van der Waals surface area contributed by atoms with E-state index in [9.17, 15) is 4.79 Å². The third kappa shape index (κ3) is 4.63. The summed E-state index contributed by atoms with van der Waals surface area (Å²) in [5.74, 6) is 0.600. The molecule has 2 aromatic heterocycles. The van der Waals surface area contributed by atoms with Gasteiger partial charge in [-0.2, -0.15) is 4.98 Å². The highest BCUT2D eigenvalue weighted by Crippen LogP contribution is 2.35. The van der Waals surface area contributed by atoms with Crippen molar-refractivity contribution in [1.29, 1.82) is 0 Å². The molecule has 0 spiro atoms. The fraction of sp³-hybridized carbons (Fsp3) is 0.400. The number of thioether (sulfide) groups is 1. The Morgan fingerprint density at radius 1 is 1.30 bits per heavy atom. The molecule has 1 fully saturated rings. The molecule has 158 valence electrons. The Morgan fingerprint density at radius 3 is 2.87 bits per heavy atom. The normalized spacial score (nSPS) is 14.2. The van der Waals surface area contributed by atoms with Crippen molar-refractivity contribution in [2.24, 2.45) is 0 Å². The highest BCUT2D eigenvalue weighted by Gasteiger charge is 2.18. The lowest BCUT2D eigenvalue weighted by atomic mass is 10.1. The zero-order valence-electron chi connectivity index (χ0n) is 16.8. The molecule has 7 nitrogen and oxygen atoms in total. The number of benzene rings is 1. The minimum absolute atomic E-state index is 0.146. The van der Waals surface area contributed by atoms with Crippen molar-refractivity contribution in [2.75, 3.05) is 36.2 Å². The minimum Gasteiger partial charge on any atom is -0.495 e. The van der Waals surface area contributed by atoms with Gasteiger partial charge in [0.15, 0.2) is 10.8 Å². The smallest absolute Gasteiger partial charge is 0.234 e. The standard InChI is InChI=1S/C20H22ClN5O2S2/c1-12-8-14(15(28-2)9-13(12)21)24-16(27)10-29-19-17-18(22-11-23-19)25-20(30-17)26-6-4-3-5-7-26/h8-9,11H,3-7,10H2,1-2H3,(H,24,27). The van der Waals surface area contributed by atoms with Gasteiger partial charge in [0.2, 0.25) is 5.91 Å². The molecule has 0 bridgehead atoms. The number of thiazole rings is 1. The van der Waals surface area contributed by atoms with Gasteiger partial charge in [0.25, 0.3) is 0 Å². The molecule has 1 aromatic carbocycles. The van der Waals surface area contributed by atoms with E-state index in [0.29, 0.717) is 22.1 Å². The molecule has 3 aromatic rings. The van der Waals surface area contributed by atoms with Gasteiger partial charge in [0.1, 0.15) is 21.8 Å². The molecule has 1 saturated heterocycles. The van der Waals surface area contributed by atoms with Crippen LogP contribution in [0.1, 0.15) is 24.8 Å². The molecule has 1 aliphatic rings. The topological polar surface area (TPSA) is 80.2 Å². The predicted octanol–water partition coefficient (Wildman–Crippen LogP) is 4.78. The Labute approximate surface area is 188 Å². The SMILES string of the molecule is COc1cc(Cl)c(C)cc1NC(=O)CSc1ncnc2nc(N3CCCCC3)sc12. The van der Waals surface area contributed by atoms with E-state index in [0.717, 1.165) is 33.5 Å². The lowest BCUT2D eigenvalue weighted by Crippen LogP contribution is -2.29. The second-order valence-electron chi connectivity index (χ2n) is 7.01. The number of hydrogen-bond acceptors (Lipinski definition) is 8. The summed E-state index contributed by atoms with van der Waals surface area (Å²) in [6.45, 7) is 3.94. The average Bonchev–Trinajstić information content (AvgIpc) is 3.20. The number of nitrogens with zero attached hydrogens (tertiary/aromatic N) is 4. The van der Waals surface area contributed by atoms with Gasteiger partial charge in [-0.3, -0.25) is 4.79 Å². The Bertz CT molecular complexity index is 1070. The second kappa shape index (κ2) is 9.36. The van der Waals surface area contributed by atoms with Crippen LogP contribution in [0.25, 0.3) is 10.3 Å². The molecule has 30 heavy (non-hydrogen) atoms. The predicted molar refractivity (Wildman–Crippen MR) is 123 cm³/mol. The third-order valence-corrected chi connectivity index (χ3v) is 7.51. The van der Waals surface area contributed by atoms with Gasteiger partial charge >= 0.3 is 0 Å². The fourth-order valence-electron chi connectivity index (χ4n) is 3.30. The molecular formula is C20H22ClN5O2S2. The van der Waals surface area contributed by atoms with Crippen molar-refractivity contribution in [3.8, 4) is 5.75 Å². The maximum absolute atomic E-state index is 12.6. The van der Waals surface area contributed by atoms with E-state index in [1.165, 1.54) is 37.4 Å². The number of ether oxygens (including phenoxy) is 1. The van der Waals surface area contributed by atoms with Crippen LogP contribution in [0.3, 0.4) is 0 Å². The maximum Gasteiger partial charge on any atom is 0.234 e. The van der Waals surface area contributed by atoms with Crippen molar-refractivity contribution >= 4 is 61.8 Å². The molecule has 0 aliphatic carbocycles. The number of anilines is 2. The van der Waals surface area contributed by atoms with E-state index in [1.54, 1.807) is 30.6 Å². The number of rotatable bonds is 6. The third-order valence-electron chi connectivity index (χ3n) is 4.87. The number of carbonyl (C=O) groups excluding carboxylic acids is 1. The van der Waals surface area contributed by atoms with Gasteiger partial charge in [0, 0.05) is 24.2 Å². The average molecular weight is 464 g/mol. The highest BCUT2D eigenvalue weighted by molar-refractivity contribution is 8.00. The van der Waals surface area contributed by atoms with Crippen LogP contribution in [0.5, 0.6) is 5.75 Å². The van der Waals surface area contributed by atoms with E-state index >= 15 is 0 Å². The number of carbonyl (C=O) groups is 1. The van der Waals surface area contributed by atoms with E-state index in [-0.39, 0.29) is 11.7 Å². The molecule has 0 saturated carbocycles. The number of amides is 1. The van der Waals surface area contributed by atoms with Crippen molar-refractivity contribution in [3.63, 3.8) is 0 Å². The summed E-state index contributed by atoms with van der Waals surface area (Å²) in [6, 6.07) is 3.51. The highest BCUT2D eigenvalue weighted by atomic mass is 35.5. The summed E-state index contributed by atoms with van der Waals surface area (Å²) >= 11 is 9.11. The molecular weight excluding hydrogens is 442 g/mol. The van der Waals surface area contributed by atoms with Crippen molar-refractivity contribution in [3.05, 3.63) is 29.0 Å². The second-order valence-corrected chi connectivity index (χ2v) is 9.36. The van der Waals surface area contributed by atoms with E-state index < -0.39 is 0 Å². The summed E-state index contributed by atoms with van der Waals surface area (Å²) in [5.41, 5.74) is 2.16. The fourth-order valence-corrected chi connectivity index (χ4v) is 5.39. The van der Waals surface area contributed by atoms with Gasteiger partial charge in [-0.15, -0.1) is 0 Å². The zero-order valence-corrected chi connectivity index (χ0v) is 19.2. The number of nitrogens with one attached hydrogen (secondary N) is 1. The molecule has 0 radical (unpaired) electrons. The molecule has 0 atom stereocenters. The number of halogens is 1. The van der Waals surface area contributed by atoms with Crippen molar-refractivity contribution in [1.82, 2.24) is 15.0 Å². The van der Waals surface area contributed by atoms with Crippen LogP contribution in [0.15, 0.2) is 23.5 Å². The van der Waals surface area contributed by atoms with Gasteiger partial charge < -0.3 is 15.0 Å². The maximum atomic E-state index is 12.6. The van der Waals surface area contributed by atoms with Gasteiger partial charge in [-0.1, -0.05) is 34.7 Å². The van der Waals surface area contributed by atoms with E-state index in [4.69, 9.17) is 16.3 Å². The first-order valence-electron chi connectivity index (χ1n) is 9.68. The first-order valence-corrected chi connectivity index (χ1v) is 11.9. The van der Waals surface area contributed by atoms with Gasteiger partial charge in [-0.05, 0) is 37.8 Å². The van der Waals surface area contributed by atoms with Crippen LogP contribution in [0, 0.1) is 6.92 Å². The summed E-state index contributed by atoms with van der Waals surface area (Å²) in [5, 5.41) is 5.25. The largest absolute Gasteiger partial charge is 0.495 e. The summed E-state index contributed by atoms with van der Waals surface area (Å²) < 4.78 is 6.25. The Morgan fingerprint density at radius 2 is 2.10 bits per heavy atom. The Hall–Kier alpha value is -2.10. The number of fused-ring (bicyclic) bond motifs is 1. The van der Waals surface area contributed by atoms with Crippen LogP contribution >= 0.6 is 34.7 Å². The lowest BCUT2D eigenvalue weighted by molar-refractivity contribution is -0.113. The number of methoxy groups -OCH3 is 1. The number of aryl methyl sites for hydroxylation is 1. The zero-order chi connectivity index (χ0) is 21.1. The molecule has 1 amide bonds. The monoisotopic (exact) mass is 463 g/mol. The first-order chi connectivity index (χ1) is 14.5. The van der Waals surface area contributed by atoms with Crippen LogP contribution in [0.2, 0.25) is 5.02 Å². The van der Waals surface area contributed by atoms with Crippen LogP contribution < -0.4 is 15.0 Å². The summed E-state index contributed by atoms with van der Waals surface area (Å²) in [6.07, 6.45) is 5.16. The Kier molecular flexibility index (Phi) is 6.60. The molecule has 0 unspecified atom stereocenters. The molecule has 4 rings (SSSR count). The van der Waals surface area contributed by atoms with Gasteiger partial charge in [0.05, 0.1) is 18.6 Å². The number of hydrogen-bond donors (Lipinski definition) is 1. The Balaban J connectivity index is 1.46. The van der Waals surface area contributed by atoms with Crippen LogP contribution in [-0.4, -0.2) is 46.8 Å². The minimum atomic E-state index is -0.146. The molecule has 10 heteroatoms. The lowest BCUT2D eigenvalue weighted by Gasteiger charge is -2.25. The summed E-state index contributed by atoms with van der Waals surface area (Å²) in [4.78, 5) is 28.2. The number of aromatic nitrogens is 3.